The van der Waals surface area contributed by atoms with Gasteiger partial charge in [0.1, 0.15) is 11.3 Å². The van der Waals surface area contributed by atoms with Crippen molar-refractivity contribution in [2.75, 3.05) is 38.1 Å². The monoisotopic (exact) mass is 435 g/mol. The van der Waals surface area contributed by atoms with Crippen molar-refractivity contribution in [2.45, 2.75) is 13.3 Å². The summed E-state index contributed by atoms with van der Waals surface area (Å²) in [5, 5.41) is 3.71. The van der Waals surface area contributed by atoms with Crippen LogP contribution in [0.15, 0.2) is 63.8 Å². The van der Waals surface area contributed by atoms with Crippen LogP contribution < -0.4 is 15.7 Å². The van der Waals surface area contributed by atoms with Crippen molar-refractivity contribution in [1.29, 1.82) is 0 Å². The summed E-state index contributed by atoms with van der Waals surface area (Å²) in [6.45, 7) is 3.63. The van der Waals surface area contributed by atoms with Crippen molar-refractivity contribution in [3.05, 3.63) is 70.6 Å². The van der Waals surface area contributed by atoms with Gasteiger partial charge in [-0.2, -0.15) is 0 Å². The van der Waals surface area contributed by atoms with Gasteiger partial charge >= 0.3 is 11.7 Å². The van der Waals surface area contributed by atoms with E-state index in [1.165, 1.54) is 6.07 Å². The zero-order valence-electron chi connectivity index (χ0n) is 17.9. The molecule has 8 nitrogen and oxygen atoms in total. The van der Waals surface area contributed by atoms with E-state index in [2.05, 4.69) is 5.32 Å². The molecule has 4 rings (SSSR count). The summed E-state index contributed by atoms with van der Waals surface area (Å²) in [6.07, 6.45) is 0.718. The van der Waals surface area contributed by atoms with E-state index in [4.69, 9.17) is 9.15 Å². The van der Waals surface area contributed by atoms with Crippen molar-refractivity contribution in [3.8, 4) is 5.75 Å². The van der Waals surface area contributed by atoms with E-state index in [1.54, 1.807) is 21.9 Å². The molecule has 2 aromatic carbocycles. The first-order chi connectivity index (χ1) is 15.5. The van der Waals surface area contributed by atoms with Gasteiger partial charge < -0.3 is 24.3 Å². The van der Waals surface area contributed by atoms with Crippen LogP contribution in [-0.4, -0.2) is 54.5 Å². The number of piperazine rings is 1. The van der Waals surface area contributed by atoms with E-state index in [0.29, 0.717) is 37.5 Å². The minimum Gasteiger partial charge on any atom is -0.484 e. The molecular formula is C24H25N3O5. The van der Waals surface area contributed by atoms with Crippen LogP contribution in [0.4, 0.5) is 10.5 Å². The first-order valence-electron chi connectivity index (χ1n) is 10.6. The first kappa shape index (κ1) is 21.4. The van der Waals surface area contributed by atoms with E-state index >= 15 is 0 Å². The zero-order chi connectivity index (χ0) is 22.5. The number of urea groups is 1. The molecule has 0 bridgehead atoms. The molecular weight excluding hydrogens is 410 g/mol. The molecule has 8 heteroatoms. The number of anilines is 1. The second-order valence-electron chi connectivity index (χ2n) is 7.55. The van der Waals surface area contributed by atoms with Crippen molar-refractivity contribution in [3.63, 3.8) is 0 Å². The highest BCUT2D eigenvalue weighted by molar-refractivity contribution is 5.89. The molecule has 0 aliphatic carbocycles. The molecule has 1 aromatic heterocycles. The predicted molar refractivity (Wildman–Crippen MR) is 121 cm³/mol. The Morgan fingerprint density at radius 3 is 2.44 bits per heavy atom. The Kier molecular flexibility index (Phi) is 6.39. The molecule has 0 unspecified atom stereocenters. The quantitative estimate of drug-likeness (QED) is 0.622. The van der Waals surface area contributed by atoms with Gasteiger partial charge in [0, 0.05) is 49.4 Å². The largest absolute Gasteiger partial charge is 0.484 e. The number of ether oxygens (including phenoxy) is 1. The maximum Gasteiger partial charge on any atom is 0.336 e. The van der Waals surface area contributed by atoms with Gasteiger partial charge in [-0.3, -0.25) is 4.79 Å². The average Bonchev–Trinajstić information content (AvgIpc) is 2.82. The summed E-state index contributed by atoms with van der Waals surface area (Å²) in [5.74, 6) is 0.306. The number of amides is 3. The number of nitrogens with one attached hydrogen (secondary N) is 1. The molecule has 0 saturated carbocycles. The van der Waals surface area contributed by atoms with Crippen molar-refractivity contribution >= 4 is 28.6 Å². The first-order valence-corrected chi connectivity index (χ1v) is 10.6. The Balaban J connectivity index is 1.30. The molecule has 0 spiro atoms. The molecule has 1 N–H and O–H groups in total. The van der Waals surface area contributed by atoms with Gasteiger partial charge in [-0.15, -0.1) is 0 Å². The van der Waals surface area contributed by atoms with E-state index in [0.717, 1.165) is 23.1 Å². The zero-order valence-corrected chi connectivity index (χ0v) is 17.9. The Labute approximate surface area is 185 Å². The normalized spacial score (nSPS) is 13.8. The fourth-order valence-electron chi connectivity index (χ4n) is 3.71. The highest BCUT2D eigenvalue weighted by atomic mass is 16.5. The predicted octanol–water partition coefficient (Wildman–Crippen LogP) is 3.11. The molecule has 0 atom stereocenters. The van der Waals surface area contributed by atoms with Gasteiger partial charge in [0.05, 0.1) is 0 Å². The summed E-state index contributed by atoms with van der Waals surface area (Å²) in [5.41, 5.74) is 1.68. The maximum atomic E-state index is 12.6. The van der Waals surface area contributed by atoms with Crippen LogP contribution in [0.2, 0.25) is 0 Å². The topological polar surface area (TPSA) is 92.1 Å². The number of aryl methyl sites for hydroxylation is 1. The summed E-state index contributed by atoms with van der Waals surface area (Å²) in [7, 11) is 0. The van der Waals surface area contributed by atoms with Crippen LogP contribution >= 0.6 is 0 Å². The molecule has 1 saturated heterocycles. The van der Waals surface area contributed by atoms with Gasteiger partial charge in [0.2, 0.25) is 0 Å². The van der Waals surface area contributed by atoms with Crippen LogP contribution in [0.5, 0.6) is 5.75 Å². The number of rotatable bonds is 5. The number of benzene rings is 2. The van der Waals surface area contributed by atoms with Crippen molar-refractivity contribution < 1.29 is 18.7 Å². The Morgan fingerprint density at radius 2 is 1.72 bits per heavy atom. The van der Waals surface area contributed by atoms with Crippen LogP contribution in [0.1, 0.15) is 12.5 Å². The van der Waals surface area contributed by atoms with Gasteiger partial charge in [0.25, 0.3) is 5.91 Å². The molecule has 3 aromatic rings. The summed E-state index contributed by atoms with van der Waals surface area (Å²) in [6, 6.07) is 15.8. The lowest BCUT2D eigenvalue weighted by atomic mass is 10.1. The summed E-state index contributed by atoms with van der Waals surface area (Å²) >= 11 is 0. The second kappa shape index (κ2) is 9.55. The van der Waals surface area contributed by atoms with E-state index < -0.39 is 5.63 Å². The summed E-state index contributed by atoms with van der Waals surface area (Å²) < 4.78 is 10.9. The smallest absolute Gasteiger partial charge is 0.336 e. The molecule has 1 fully saturated rings. The summed E-state index contributed by atoms with van der Waals surface area (Å²) in [4.78, 5) is 40.0. The fourth-order valence-corrected chi connectivity index (χ4v) is 3.71. The Morgan fingerprint density at radius 1 is 1.00 bits per heavy atom. The Bertz CT molecular complexity index is 1170. The molecule has 3 amide bonds. The van der Waals surface area contributed by atoms with Gasteiger partial charge in [0.15, 0.2) is 6.61 Å². The number of nitrogens with zero attached hydrogens (tertiary/aromatic N) is 2. The minimum absolute atomic E-state index is 0.126. The SMILES string of the molecule is CCc1cc(=O)oc2cc(OCC(=O)N3CCN(C(=O)Nc4ccccc4)CC3)ccc12. The highest BCUT2D eigenvalue weighted by Crippen LogP contribution is 2.23. The molecule has 0 radical (unpaired) electrons. The van der Waals surface area contributed by atoms with E-state index in [9.17, 15) is 14.4 Å². The number of hydrogen-bond acceptors (Lipinski definition) is 5. The number of carbonyl (C=O) groups excluding carboxylic acids is 2. The Hall–Kier alpha value is -3.81. The van der Waals surface area contributed by atoms with Gasteiger partial charge in [-0.1, -0.05) is 25.1 Å². The lowest BCUT2D eigenvalue weighted by molar-refractivity contribution is -0.134. The van der Waals surface area contributed by atoms with Crippen LogP contribution in [-0.2, 0) is 11.2 Å². The fraction of sp³-hybridized carbons (Fsp3) is 0.292. The van der Waals surface area contributed by atoms with E-state index in [-0.39, 0.29) is 18.5 Å². The minimum atomic E-state index is -0.406. The second-order valence-corrected chi connectivity index (χ2v) is 7.55. The van der Waals surface area contributed by atoms with Crippen LogP contribution in [0, 0.1) is 0 Å². The maximum absolute atomic E-state index is 12.6. The molecule has 1 aliphatic heterocycles. The van der Waals surface area contributed by atoms with Crippen LogP contribution in [0.3, 0.4) is 0 Å². The van der Waals surface area contributed by atoms with E-state index in [1.807, 2.05) is 43.3 Å². The average molecular weight is 435 g/mol. The van der Waals surface area contributed by atoms with Crippen LogP contribution in [0.25, 0.3) is 11.0 Å². The third-order valence-corrected chi connectivity index (χ3v) is 5.49. The van der Waals surface area contributed by atoms with Crippen molar-refractivity contribution in [2.24, 2.45) is 0 Å². The number of para-hydroxylation sites is 1. The third-order valence-electron chi connectivity index (χ3n) is 5.49. The molecule has 166 valence electrons. The molecule has 32 heavy (non-hydrogen) atoms. The standard InChI is InChI=1S/C24H25N3O5/c1-2-17-14-23(29)32-21-15-19(8-9-20(17)21)31-16-22(28)26-10-12-27(13-11-26)24(30)25-18-6-4-3-5-7-18/h3-9,14-15H,2,10-13,16H2,1H3,(H,25,30). The molecule has 2 heterocycles. The third kappa shape index (κ3) is 4.91. The lowest BCUT2D eigenvalue weighted by Crippen LogP contribution is -2.52. The molecule has 1 aliphatic rings. The lowest BCUT2D eigenvalue weighted by Gasteiger charge is -2.34. The van der Waals surface area contributed by atoms with Gasteiger partial charge in [-0.25, -0.2) is 9.59 Å². The number of carbonyl (C=O) groups is 2. The number of fused-ring (bicyclic) bond motifs is 1. The van der Waals surface area contributed by atoms with Crippen molar-refractivity contribution in [1.82, 2.24) is 9.80 Å². The highest BCUT2D eigenvalue weighted by Gasteiger charge is 2.24. The van der Waals surface area contributed by atoms with Gasteiger partial charge in [-0.05, 0) is 36.2 Å². The number of hydrogen-bond donors (Lipinski definition) is 1.